The SMILES string of the molecule is CCOC(=O)c1nn(-c2ccccc2)c2c1C(=O)CC(C)(C)C2. The van der Waals surface area contributed by atoms with E-state index in [4.69, 9.17) is 4.74 Å². The molecule has 1 heterocycles. The van der Waals surface area contributed by atoms with Gasteiger partial charge in [-0.2, -0.15) is 5.10 Å². The fourth-order valence-electron chi connectivity index (χ4n) is 3.07. The number of para-hydroxylation sites is 1. The molecule has 23 heavy (non-hydrogen) atoms. The van der Waals surface area contributed by atoms with Gasteiger partial charge in [0.15, 0.2) is 11.5 Å². The van der Waals surface area contributed by atoms with Gasteiger partial charge in [-0.25, -0.2) is 9.48 Å². The maximum atomic E-state index is 12.6. The predicted octanol–water partition coefficient (Wildman–Crippen LogP) is 3.20. The first-order chi connectivity index (χ1) is 10.9. The van der Waals surface area contributed by atoms with Gasteiger partial charge in [0.2, 0.25) is 0 Å². The molecular weight excluding hydrogens is 292 g/mol. The highest BCUT2D eigenvalue weighted by Crippen LogP contribution is 2.37. The van der Waals surface area contributed by atoms with E-state index in [0.29, 0.717) is 18.4 Å². The molecule has 0 spiro atoms. The number of ketones is 1. The third-order valence-electron chi connectivity index (χ3n) is 4.01. The van der Waals surface area contributed by atoms with Gasteiger partial charge >= 0.3 is 5.97 Å². The number of carbonyl (C=O) groups is 2. The van der Waals surface area contributed by atoms with Crippen LogP contribution in [0, 0.1) is 5.41 Å². The summed E-state index contributed by atoms with van der Waals surface area (Å²) in [5.41, 5.74) is 2.03. The predicted molar refractivity (Wildman–Crippen MR) is 86.0 cm³/mol. The zero-order valence-corrected chi connectivity index (χ0v) is 13.6. The number of ether oxygens (including phenoxy) is 1. The lowest BCUT2D eigenvalue weighted by molar-refractivity contribution is 0.0514. The van der Waals surface area contributed by atoms with E-state index in [9.17, 15) is 9.59 Å². The summed E-state index contributed by atoms with van der Waals surface area (Å²) in [6, 6.07) is 9.55. The van der Waals surface area contributed by atoms with E-state index in [2.05, 4.69) is 18.9 Å². The molecule has 0 saturated heterocycles. The average Bonchev–Trinajstić information content (AvgIpc) is 2.86. The third-order valence-corrected chi connectivity index (χ3v) is 4.01. The first kappa shape index (κ1) is 15.5. The molecule has 0 radical (unpaired) electrons. The van der Waals surface area contributed by atoms with Crippen molar-refractivity contribution >= 4 is 11.8 Å². The van der Waals surface area contributed by atoms with E-state index in [1.165, 1.54) is 0 Å². The molecule has 0 N–H and O–H groups in total. The minimum absolute atomic E-state index is 0.0403. The molecule has 0 saturated carbocycles. The molecule has 0 amide bonds. The topological polar surface area (TPSA) is 61.2 Å². The third kappa shape index (κ3) is 2.79. The van der Waals surface area contributed by atoms with Gasteiger partial charge in [-0.3, -0.25) is 4.79 Å². The Bertz CT molecular complexity index is 760. The Labute approximate surface area is 135 Å². The molecule has 1 aliphatic carbocycles. The van der Waals surface area contributed by atoms with Crippen LogP contribution in [0.5, 0.6) is 0 Å². The van der Waals surface area contributed by atoms with Crippen molar-refractivity contribution in [2.75, 3.05) is 6.61 Å². The molecule has 0 unspecified atom stereocenters. The summed E-state index contributed by atoms with van der Waals surface area (Å²) in [6.07, 6.45) is 1.10. The number of hydrogen-bond acceptors (Lipinski definition) is 4. The lowest BCUT2D eigenvalue weighted by atomic mass is 9.75. The number of rotatable bonds is 3. The van der Waals surface area contributed by atoms with Crippen LogP contribution in [-0.2, 0) is 11.2 Å². The van der Waals surface area contributed by atoms with Crippen molar-refractivity contribution in [2.45, 2.75) is 33.6 Å². The minimum atomic E-state index is -0.536. The Balaban J connectivity index is 2.20. The lowest BCUT2D eigenvalue weighted by Gasteiger charge is -2.29. The second-order valence-electron chi connectivity index (χ2n) is 6.58. The van der Waals surface area contributed by atoms with Gasteiger partial charge < -0.3 is 4.74 Å². The Morgan fingerprint density at radius 3 is 2.61 bits per heavy atom. The van der Waals surface area contributed by atoms with Gasteiger partial charge in [0, 0.05) is 6.42 Å². The van der Waals surface area contributed by atoms with Crippen LogP contribution >= 0.6 is 0 Å². The molecule has 1 aromatic carbocycles. The number of nitrogens with zero attached hydrogens (tertiary/aromatic N) is 2. The van der Waals surface area contributed by atoms with Gasteiger partial charge in [-0.05, 0) is 30.9 Å². The zero-order chi connectivity index (χ0) is 16.6. The summed E-state index contributed by atoms with van der Waals surface area (Å²) in [7, 11) is 0. The van der Waals surface area contributed by atoms with Crippen LogP contribution in [-0.4, -0.2) is 28.1 Å². The Morgan fingerprint density at radius 2 is 1.96 bits per heavy atom. The lowest BCUT2D eigenvalue weighted by Crippen LogP contribution is -2.28. The molecule has 120 valence electrons. The smallest absolute Gasteiger partial charge is 0.359 e. The van der Waals surface area contributed by atoms with Crippen molar-refractivity contribution in [1.29, 1.82) is 0 Å². The average molecular weight is 312 g/mol. The molecule has 1 aliphatic rings. The zero-order valence-electron chi connectivity index (χ0n) is 13.6. The summed E-state index contributed by atoms with van der Waals surface area (Å²) >= 11 is 0. The molecule has 0 aliphatic heterocycles. The molecule has 5 heteroatoms. The fourth-order valence-corrected chi connectivity index (χ4v) is 3.07. The number of Topliss-reactive ketones (excluding diaryl/α,β-unsaturated/α-hetero) is 1. The van der Waals surface area contributed by atoms with E-state index in [0.717, 1.165) is 11.4 Å². The second kappa shape index (κ2) is 5.65. The van der Waals surface area contributed by atoms with Crippen molar-refractivity contribution in [2.24, 2.45) is 5.41 Å². The molecule has 0 atom stereocenters. The van der Waals surface area contributed by atoms with E-state index < -0.39 is 5.97 Å². The Hall–Kier alpha value is -2.43. The summed E-state index contributed by atoms with van der Waals surface area (Å²) < 4.78 is 6.79. The Kier molecular flexibility index (Phi) is 3.80. The quantitative estimate of drug-likeness (QED) is 0.817. The van der Waals surface area contributed by atoms with Gasteiger partial charge in [0.1, 0.15) is 0 Å². The van der Waals surface area contributed by atoms with Gasteiger partial charge in [-0.1, -0.05) is 32.0 Å². The van der Waals surface area contributed by atoms with Crippen molar-refractivity contribution in [3.05, 3.63) is 47.3 Å². The first-order valence-corrected chi connectivity index (χ1v) is 7.80. The number of esters is 1. The maximum Gasteiger partial charge on any atom is 0.359 e. The van der Waals surface area contributed by atoms with E-state index in [1.54, 1.807) is 11.6 Å². The minimum Gasteiger partial charge on any atom is -0.461 e. The standard InChI is InChI=1S/C18H20N2O3/c1-4-23-17(22)16-15-13(10-18(2,3)11-14(15)21)20(19-16)12-8-6-5-7-9-12/h5-9H,4,10-11H2,1-3H3. The fraction of sp³-hybridized carbons (Fsp3) is 0.389. The van der Waals surface area contributed by atoms with Crippen LogP contribution in [0.25, 0.3) is 5.69 Å². The maximum absolute atomic E-state index is 12.6. The number of carbonyl (C=O) groups excluding carboxylic acids is 2. The van der Waals surface area contributed by atoms with Crippen LogP contribution in [0.1, 0.15) is 53.7 Å². The monoisotopic (exact) mass is 312 g/mol. The second-order valence-corrected chi connectivity index (χ2v) is 6.58. The Morgan fingerprint density at radius 1 is 1.26 bits per heavy atom. The van der Waals surface area contributed by atoms with Gasteiger partial charge in [-0.15, -0.1) is 0 Å². The summed E-state index contributed by atoms with van der Waals surface area (Å²) in [5.74, 6) is -0.576. The van der Waals surface area contributed by atoms with Crippen molar-refractivity contribution in [3.63, 3.8) is 0 Å². The van der Waals surface area contributed by atoms with Crippen molar-refractivity contribution in [1.82, 2.24) is 9.78 Å². The summed E-state index contributed by atoms with van der Waals surface area (Å²) in [5, 5.41) is 4.42. The number of fused-ring (bicyclic) bond motifs is 1. The van der Waals surface area contributed by atoms with E-state index in [1.807, 2.05) is 30.3 Å². The van der Waals surface area contributed by atoms with Crippen LogP contribution in [0.15, 0.2) is 30.3 Å². The van der Waals surface area contributed by atoms with Crippen LogP contribution in [0.2, 0.25) is 0 Å². The molecule has 1 aromatic heterocycles. The van der Waals surface area contributed by atoms with Gasteiger partial charge in [0.25, 0.3) is 0 Å². The number of aromatic nitrogens is 2. The normalized spacial score (nSPS) is 16.0. The molecule has 2 aromatic rings. The number of benzene rings is 1. The van der Waals surface area contributed by atoms with Crippen LogP contribution in [0.3, 0.4) is 0 Å². The molecular formula is C18H20N2O3. The van der Waals surface area contributed by atoms with Crippen LogP contribution < -0.4 is 0 Å². The van der Waals surface area contributed by atoms with Crippen molar-refractivity contribution < 1.29 is 14.3 Å². The molecule has 0 bridgehead atoms. The highest BCUT2D eigenvalue weighted by molar-refractivity contribution is 6.07. The number of hydrogen-bond donors (Lipinski definition) is 0. The highest BCUT2D eigenvalue weighted by Gasteiger charge is 2.38. The van der Waals surface area contributed by atoms with Crippen molar-refractivity contribution in [3.8, 4) is 5.69 Å². The summed E-state index contributed by atoms with van der Waals surface area (Å²) in [6.45, 7) is 6.11. The van der Waals surface area contributed by atoms with E-state index in [-0.39, 0.29) is 23.5 Å². The van der Waals surface area contributed by atoms with Crippen LogP contribution in [0.4, 0.5) is 0 Å². The molecule has 5 nitrogen and oxygen atoms in total. The largest absolute Gasteiger partial charge is 0.461 e. The highest BCUT2D eigenvalue weighted by atomic mass is 16.5. The molecule has 0 fully saturated rings. The van der Waals surface area contributed by atoms with Gasteiger partial charge in [0.05, 0.1) is 23.6 Å². The van der Waals surface area contributed by atoms with E-state index >= 15 is 0 Å². The first-order valence-electron chi connectivity index (χ1n) is 7.80. The summed E-state index contributed by atoms with van der Waals surface area (Å²) in [4.78, 5) is 24.8. The molecule has 3 rings (SSSR count).